The molecule has 1 saturated carbocycles. The third kappa shape index (κ3) is 2.12. The number of rotatable bonds is 2. The molecular weight excluding hydrogens is 188 g/mol. The third-order valence-electron chi connectivity index (χ3n) is 2.91. The van der Waals surface area contributed by atoms with Gasteiger partial charge in [0, 0.05) is 16.8 Å². The quantitative estimate of drug-likeness (QED) is 0.722. The van der Waals surface area contributed by atoms with Crippen LogP contribution in [-0.4, -0.2) is 11.4 Å². The predicted molar refractivity (Wildman–Crippen MR) is 60.7 cm³/mol. The van der Waals surface area contributed by atoms with Crippen LogP contribution in [0, 0.1) is 6.92 Å². The Balaban J connectivity index is 2.18. The zero-order valence-corrected chi connectivity index (χ0v) is 9.13. The van der Waals surface area contributed by atoms with Crippen LogP contribution < -0.4 is 11.1 Å². The van der Waals surface area contributed by atoms with Crippen LogP contribution in [-0.2, 0) is 0 Å². The van der Waals surface area contributed by atoms with Crippen LogP contribution in [0.3, 0.4) is 0 Å². The van der Waals surface area contributed by atoms with E-state index >= 15 is 0 Å². The summed E-state index contributed by atoms with van der Waals surface area (Å²) in [5.41, 5.74) is 8.01. The van der Waals surface area contributed by atoms with Crippen LogP contribution in [0.4, 0.5) is 5.69 Å². The van der Waals surface area contributed by atoms with Gasteiger partial charge in [-0.1, -0.05) is 0 Å². The number of carbonyl (C=O) groups is 1. The van der Waals surface area contributed by atoms with E-state index in [9.17, 15) is 4.79 Å². The number of benzene rings is 1. The topological polar surface area (TPSA) is 55.1 Å². The molecule has 3 nitrogen and oxygen atoms in total. The van der Waals surface area contributed by atoms with E-state index in [1.165, 1.54) is 0 Å². The zero-order chi connectivity index (χ0) is 11.1. The van der Waals surface area contributed by atoms with Crippen molar-refractivity contribution in [3.63, 3.8) is 0 Å². The molecule has 0 unspecified atom stereocenters. The van der Waals surface area contributed by atoms with Crippen LogP contribution in [0.2, 0.25) is 0 Å². The van der Waals surface area contributed by atoms with Crippen molar-refractivity contribution in [2.75, 3.05) is 5.73 Å². The highest BCUT2D eigenvalue weighted by molar-refractivity contribution is 5.96. The molecule has 0 saturated heterocycles. The molecule has 1 fully saturated rings. The van der Waals surface area contributed by atoms with Gasteiger partial charge in [0.25, 0.3) is 5.91 Å². The second kappa shape index (κ2) is 3.26. The van der Waals surface area contributed by atoms with Crippen LogP contribution in [0.1, 0.15) is 35.7 Å². The molecule has 3 N–H and O–H groups in total. The fourth-order valence-corrected chi connectivity index (χ4v) is 1.60. The lowest BCUT2D eigenvalue weighted by atomic mass is 10.1. The Bertz CT molecular complexity index is 408. The molecule has 1 aromatic carbocycles. The highest BCUT2D eigenvalue weighted by Crippen LogP contribution is 2.34. The molecule has 0 atom stereocenters. The summed E-state index contributed by atoms with van der Waals surface area (Å²) < 4.78 is 0. The van der Waals surface area contributed by atoms with Gasteiger partial charge in [0.05, 0.1) is 0 Å². The van der Waals surface area contributed by atoms with Gasteiger partial charge in [-0.25, -0.2) is 0 Å². The first-order chi connectivity index (χ1) is 7.00. The molecule has 0 radical (unpaired) electrons. The maximum absolute atomic E-state index is 11.9. The van der Waals surface area contributed by atoms with Crippen molar-refractivity contribution < 1.29 is 4.79 Å². The number of carbonyl (C=O) groups excluding carboxylic acids is 1. The SMILES string of the molecule is Cc1cc(N)ccc1C(=O)NC1(C)CC1. The van der Waals surface area contributed by atoms with Crippen LogP contribution >= 0.6 is 0 Å². The number of aryl methyl sites for hydroxylation is 1. The van der Waals surface area contributed by atoms with E-state index in [0.29, 0.717) is 5.69 Å². The molecule has 1 aliphatic carbocycles. The van der Waals surface area contributed by atoms with E-state index < -0.39 is 0 Å². The highest BCUT2D eigenvalue weighted by atomic mass is 16.1. The fraction of sp³-hybridized carbons (Fsp3) is 0.417. The summed E-state index contributed by atoms with van der Waals surface area (Å²) >= 11 is 0. The summed E-state index contributed by atoms with van der Waals surface area (Å²) in [6.07, 6.45) is 2.15. The smallest absolute Gasteiger partial charge is 0.251 e. The average molecular weight is 204 g/mol. The van der Waals surface area contributed by atoms with Gasteiger partial charge in [0.1, 0.15) is 0 Å². The minimum Gasteiger partial charge on any atom is -0.399 e. The van der Waals surface area contributed by atoms with E-state index in [1.807, 2.05) is 13.0 Å². The third-order valence-corrected chi connectivity index (χ3v) is 2.91. The lowest BCUT2D eigenvalue weighted by molar-refractivity contribution is 0.0935. The Morgan fingerprint density at radius 2 is 2.13 bits per heavy atom. The molecule has 15 heavy (non-hydrogen) atoms. The largest absolute Gasteiger partial charge is 0.399 e. The molecular formula is C12H16N2O. The Labute approximate surface area is 89.7 Å². The predicted octanol–water partition coefficient (Wildman–Crippen LogP) is 1.86. The van der Waals surface area contributed by atoms with Gasteiger partial charge >= 0.3 is 0 Å². The molecule has 0 aromatic heterocycles. The maximum atomic E-state index is 11.9. The van der Waals surface area contributed by atoms with Crippen molar-refractivity contribution in [3.8, 4) is 0 Å². The molecule has 1 amide bonds. The van der Waals surface area contributed by atoms with Gasteiger partial charge in [-0.2, -0.15) is 0 Å². The fourth-order valence-electron chi connectivity index (χ4n) is 1.60. The van der Waals surface area contributed by atoms with Gasteiger partial charge in [-0.05, 0) is 50.5 Å². The number of hydrogen-bond donors (Lipinski definition) is 2. The first kappa shape index (κ1) is 10.0. The number of nitrogen functional groups attached to an aromatic ring is 1. The van der Waals surface area contributed by atoms with E-state index in [1.54, 1.807) is 12.1 Å². The van der Waals surface area contributed by atoms with Crippen molar-refractivity contribution in [1.82, 2.24) is 5.32 Å². The average Bonchev–Trinajstić information content (AvgIpc) is 2.82. The summed E-state index contributed by atoms with van der Waals surface area (Å²) in [7, 11) is 0. The minimum atomic E-state index is 0.00694. The lowest BCUT2D eigenvalue weighted by Crippen LogP contribution is -2.34. The molecule has 0 heterocycles. The summed E-state index contributed by atoms with van der Waals surface area (Å²) in [4.78, 5) is 11.9. The van der Waals surface area contributed by atoms with E-state index in [0.717, 1.165) is 24.0 Å². The summed E-state index contributed by atoms with van der Waals surface area (Å²) in [5, 5.41) is 3.03. The van der Waals surface area contributed by atoms with Crippen molar-refractivity contribution in [1.29, 1.82) is 0 Å². The Morgan fingerprint density at radius 1 is 1.47 bits per heavy atom. The summed E-state index contributed by atoms with van der Waals surface area (Å²) in [6.45, 7) is 3.97. The van der Waals surface area contributed by atoms with Gasteiger partial charge < -0.3 is 11.1 Å². The molecule has 80 valence electrons. The van der Waals surface area contributed by atoms with Crippen LogP contribution in [0.15, 0.2) is 18.2 Å². The second-order valence-corrected chi connectivity index (χ2v) is 4.59. The van der Waals surface area contributed by atoms with Gasteiger partial charge in [-0.3, -0.25) is 4.79 Å². The number of nitrogens with one attached hydrogen (secondary N) is 1. The normalized spacial score (nSPS) is 17.2. The molecule has 0 spiro atoms. The number of anilines is 1. The van der Waals surface area contributed by atoms with Crippen molar-refractivity contribution in [2.24, 2.45) is 0 Å². The monoisotopic (exact) mass is 204 g/mol. The van der Waals surface area contributed by atoms with E-state index in [4.69, 9.17) is 5.73 Å². The second-order valence-electron chi connectivity index (χ2n) is 4.59. The first-order valence-corrected chi connectivity index (χ1v) is 5.19. The zero-order valence-electron chi connectivity index (χ0n) is 9.13. The van der Waals surface area contributed by atoms with Crippen molar-refractivity contribution in [3.05, 3.63) is 29.3 Å². The molecule has 3 heteroatoms. The van der Waals surface area contributed by atoms with Crippen LogP contribution in [0.5, 0.6) is 0 Å². The van der Waals surface area contributed by atoms with Crippen molar-refractivity contribution in [2.45, 2.75) is 32.2 Å². The minimum absolute atomic E-state index is 0.00694. The van der Waals surface area contributed by atoms with Gasteiger partial charge in [0.15, 0.2) is 0 Å². The molecule has 2 rings (SSSR count). The van der Waals surface area contributed by atoms with E-state index in [-0.39, 0.29) is 11.4 Å². The number of nitrogens with two attached hydrogens (primary N) is 1. The highest BCUT2D eigenvalue weighted by Gasteiger charge is 2.38. The summed E-state index contributed by atoms with van der Waals surface area (Å²) in [5.74, 6) is 0.00694. The Hall–Kier alpha value is -1.51. The standard InChI is InChI=1S/C12H16N2O/c1-8-7-9(13)3-4-10(8)11(15)14-12(2)5-6-12/h3-4,7H,5-6,13H2,1-2H3,(H,14,15). The number of hydrogen-bond acceptors (Lipinski definition) is 2. The molecule has 1 aliphatic rings. The van der Waals surface area contributed by atoms with Gasteiger partial charge in [-0.15, -0.1) is 0 Å². The van der Waals surface area contributed by atoms with Crippen LogP contribution in [0.25, 0.3) is 0 Å². The molecule has 1 aromatic rings. The maximum Gasteiger partial charge on any atom is 0.251 e. The van der Waals surface area contributed by atoms with Gasteiger partial charge in [0.2, 0.25) is 0 Å². The molecule has 0 aliphatic heterocycles. The van der Waals surface area contributed by atoms with Crippen molar-refractivity contribution >= 4 is 11.6 Å². The Kier molecular flexibility index (Phi) is 2.18. The van der Waals surface area contributed by atoms with E-state index in [2.05, 4.69) is 12.2 Å². The first-order valence-electron chi connectivity index (χ1n) is 5.19. The Morgan fingerprint density at radius 3 is 2.67 bits per heavy atom. The summed E-state index contributed by atoms with van der Waals surface area (Å²) in [6, 6.07) is 5.37. The number of amides is 1. The molecule has 0 bridgehead atoms. The lowest BCUT2D eigenvalue weighted by Gasteiger charge is -2.13.